The molecule has 100 valence electrons. The maximum absolute atomic E-state index is 12.7. The van der Waals surface area contributed by atoms with Crippen LogP contribution < -0.4 is 5.32 Å². The van der Waals surface area contributed by atoms with E-state index < -0.39 is 0 Å². The zero-order chi connectivity index (χ0) is 13.7. The molecule has 3 nitrogen and oxygen atoms in total. The minimum Gasteiger partial charge on any atom is -0.302 e. The van der Waals surface area contributed by atoms with E-state index in [9.17, 15) is 9.18 Å². The fourth-order valence-corrected chi connectivity index (χ4v) is 2.94. The molecule has 0 unspecified atom stereocenters. The molecular weight excluding hydrogens is 283 g/mol. The monoisotopic (exact) mass is 296 g/mol. The maximum atomic E-state index is 12.7. The van der Waals surface area contributed by atoms with Crippen molar-refractivity contribution in [3.8, 4) is 0 Å². The molecule has 0 bridgehead atoms. The molecule has 1 amide bonds. The second-order valence-corrected chi connectivity index (χ2v) is 5.92. The van der Waals surface area contributed by atoms with Crippen LogP contribution in [0.4, 0.5) is 9.52 Å². The molecule has 0 aliphatic carbocycles. The predicted octanol–water partition coefficient (Wildman–Crippen LogP) is 3.71. The summed E-state index contributed by atoms with van der Waals surface area (Å²) in [5, 5.41) is 5.28. The van der Waals surface area contributed by atoms with Gasteiger partial charge in [-0.05, 0) is 31.2 Å². The Morgan fingerprint density at radius 1 is 1.42 bits per heavy atom. The second kappa shape index (κ2) is 6.68. The third-order valence-electron chi connectivity index (χ3n) is 2.28. The fraction of sp³-hybridized carbons (Fsp3) is 0.231. The van der Waals surface area contributed by atoms with Gasteiger partial charge in [-0.1, -0.05) is 0 Å². The molecule has 1 N–H and O–H groups in total. The average Bonchev–Trinajstić information content (AvgIpc) is 2.77. The number of nitrogens with zero attached hydrogens (tertiary/aromatic N) is 1. The quantitative estimate of drug-likeness (QED) is 0.855. The van der Waals surface area contributed by atoms with Crippen LogP contribution in [0.25, 0.3) is 0 Å². The molecule has 0 aliphatic heterocycles. The zero-order valence-electron chi connectivity index (χ0n) is 10.4. The number of carbonyl (C=O) groups is 1. The van der Waals surface area contributed by atoms with Gasteiger partial charge < -0.3 is 5.32 Å². The SMILES string of the molecule is Cc1csc(NC(=O)CCSc2ccc(F)cc2)n1. The highest BCUT2D eigenvalue weighted by molar-refractivity contribution is 7.99. The number of rotatable bonds is 5. The summed E-state index contributed by atoms with van der Waals surface area (Å²) in [6.45, 7) is 1.89. The van der Waals surface area contributed by atoms with Crippen LogP contribution in [0.1, 0.15) is 12.1 Å². The summed E-state index contributed by atoms with van der Waals surface area (Å²) in [5.41, 5.74) is 0.904. The van der Waals surface area contributed by atoms with Crippen LogP contribution in [0.5, 0.6) is 0 Å². The number of carbonyl (C=O) groups excluding carboxylic acids is 1. The van der Waals surface area contributed by atoms with E-state index in [2.05, 4.69) is 10.3 Å². The number of aromatic nitrogens is 1. The van der Waals surface area contributed by atoms with Crippen molar-refractivity contribution in [3.63, 3.8) is 0 Å². The second-order valence-electron chi connectivity index (χ2n) is 3.89. The van der Waals surface area contributed by atoms with Crippen LogP contribution in [0.3, 0.4) is 0 Å². The summed E-state index contributed by atoms with van der Waals surface area (Å²) in [4.78, 5) is 16.8. The van der Waals surface area contributed by atoms with E-state index in [1.165, 1.54) is 35.2 Å². The molecule has 0 saturated carbocycles. The van der Waals surface area contributed by atoms with Crippen LogP contribution in [0, 0.1) is 12.7 Å². The number of anilines is 1. The Morgan fingerprint density at radius 2 is 2.16 bits per heavy atom. The van der Waals surface area contributed by atoms with Gasteiger partial charge in [0.1, 0.15) is 5.82 Å². The van der Waals surface area contributed by atoms with Crippen LogP contribution >= 0.6 is 23.1 Å². The van der Waals surface area contributed by atoms with E-state index in [-0.39, 0.29) is 11.7 Å². The van der Waals surface area contributed by atoms with Crippen molar-refractivity contribution in [2.24, 2.45) is 0 Å². The summed E-state index contributed by atoms with van der Waals surface area (Å²) in [6.07, 6.45) is 0.403. The summed E-state index contributed by atoms with van der Waals surface area (Å²) < 4.78 is 12.7. The topological polar surface area (TPSA) is 42.0 Å². The van der Waals surface area contributed by atoms with E-state index in [1.807, 2.05) is 12.3 Å². The lowest BCUT2D eigenvalue weighted by molar-refractivity contribution is -0.115. The Bertz CT molecular complexity index is 554. The van der Waals surface area contributed by atoms with Crippen molar-refractivity contribution in [3.05, 3.63) is 41.2 Å². The van der Waals surface area contributed by atoms with Gasteiger partial charge in [0.05, 0.1) is 5.69 Å². The van der Waals surface area contributed by atoms with Gasteiger partial charge in [0.25, 0.3) is 0 Å². The maximum Gasteiger partial charge on any atom is 0.226 e. The van der Waals surface area contributed by atoms with E-state index in [0.29, 0.717) is 17.3 Å². The molecule has 0 atom stereocenters. The molecule has 0 spiro atoms. The van der Waals surface area contributed by atoms with Gasteiger partial charge >= 0.3 is 0 Å². The molecular formula is C13H13FN2OS2. The molecule has 6 heteroatoms. The first-order chi connectivity index (χ1) is 9.13. The highest BCUT2D eigenvalue weighted by Gasteiger charge is 2.05. The standard InChI is InChI=1S/C13H13FN2OS2/c1-9-8-19-13(15-9)16-12(17)6-7-18-11-4-2-10(14)3-5-11/h2-5,8H,6-7H2,1H3,(H,15,16,17). The predicted molar refractivity (Wildman–Crippen MR) is 77.2 cm³/mol. The van der Waals surface area contributed by atoms with Crippen molar-refractivity contribution in [2.45, 2.75) is 18.2 Å². The summed E-state index contributed by atoms with van der Waals surface area (Å²) in [5.74, 6) is 0.354. The highest BCUT2D eigenvalue weighted by atomic mass is 32.2. The molecule has 1 aromatic carbocycles. The first-order valence-corrected chi connectivity index (χ1v) is 7.60. The van der Waals surface area contributed by atoms with Crippen molar-refractivity contribution in [2.75, 3.05) is 11.1 Å². The van der Waals surface area contributed by atoms with Gasteiger partial charge in [-0.3, -0.25) is 4.79 Å². The zero-order valence-corrected chi connectivity index (χ0v) is 12.0. The van der Waals surface area contributed by atoms with Gasteiger partial charge in [-0.15, -0.1) is 23.1 Å². The number of thiazole rings is 1. The Hall–Kier alpha value is -1.40. The molecule has 1 aromatic heterocycles. The largest absolute Gasteiger partial charge is 0.302 e. The number of halogens is 1. The third-order valence-corrected chi connectivity index (χ3v) is 4.17. The lowest BCUT2D eigenvalue weighted by Crippen LogP contribution is -2.11. The van der Waals surface area contributed by atoms with Crippen molar-refractivity contribution < 1.29 is 9.18 Å². The molecule has 0 aliphatic rings. The van der Waals surface area contributed by atoms with Gasteiger partial charge in [-0.2, -0.15) is 0 Å². The molecule has 1 heterocycles. The summed E-state index contributed by atoms with van der Waals surface area (Å²) in [6, 6.07) is 6.26. The van der Waals surface area contributed by atoms with Crippen LogP contribution in [0.15, 0.2) is 34.5 Å². The average molecular weight is 296 g/mol. The van der Waals surface area contributed by atoms with Gasteiger partial charge in [0.15, 0.2) is 5.13 Å². The Labute approximate surface area is 119 Å². The minimum absolute atomic E-state index is 0.0519. The summed E-state index contributed by atoms with van der Waals surface area (Å²) in [7, 11) is 0. The van der Waals surface area contributed by atoms with E-state index in [0.717, 1.165) is 10.6 Å². The van der Waals surface area contributed by atoms with Gasteiger partial charge in [-0.25, -0.2) is 9.37 Å². The van der Waals surface area contributed by atoms with Crippen molar-refractivity contribution in [1.29, 1.82) is 0 Å². The fourth-order valence-electron chi connectivity index (χ4n) is 1.39. The molecule has 0 fully saturated rings. The van der Waals surface area contributed by atoms with Gasteiger partial charge in [0, 0.05) is 22.4 Å². The molecule has 0 saturated heterocycles. The van der Waals surface area contributed by atoms with Crippen LogP contribution in [-0.2, 0) is 4.79 Å². The van der Waals surface area contributed by atoms with Crippen LogP contribution in [0.2, 0.25) is 0 Å². The summed E-state index contributed by atoms with van der Waals surface area (Å²) >= 11 is 2.95. The Kier molecular flexibility index (Phi) is 4.93. The molecule has 2 aromatic rings. The van der Waals surface area contributed by atoms with Crippen molar-refractivity contribution in [1.82, 2.24) is 4.98 Å². The van der Waals surface area contributed by atoms with E-state index in [1.54, 1.807) is 12.1 Å². The number of nitrogens with one attached hydrogen (secondary N) is 1. The molecule has 19 heavy (non-hydrogen) atoms. The lowest BCUT2D eigenvalue weighted by atomic mass is 10.4. The number of benzene rings is 1. The molecule has 2 rings (SSSR count). The van der Waals surface area contributed by atoms with Crippen molar-refractivity contribution >= 4 is 34.1 Å². The van der Waals surface area contributed by atoms with E-state index >= 15 is 0 Å². The Balaban J connectivity index is 1.73. The smallest absolute Gasteiger partial charge is 0.226 e. The lowest BCUT2D eigenvalue weighted by Gasteiger charge is -2.02. The van der Waals surface area contributed by atoms with Gasteiger partial charge in [0.2, 0.25) is 5.91 Å². The normalized spacial score (nSPS) is 10.4. The number of hydrogen-bond acceptors (Lipinski definition) is 4. The number of thioether (sulfide) groups is 1. The first kappa shape index (κ1) is 14.0. The number of hydrogen-bond donors (Lipinski definition) is 1. The molecule has 0 radical (unpaired) electrons. The highest BCUT2D eigenvalue weighted by Crippen LogP contribution is 2.19. The Morgan fingerprint density at radius 3 is 2.79 bits per heavy atom. The van der Waals surface area contributed by atoms with E-state index in [4.69, 9.17) is 0 Å². The number of aryl methyl sites for hydroxylation is 1. The van der Waals surface area contributed by atoms with Crippen LogP contribution in [-0.4, -0.2) is 16.6 Å². The number of amides is 1. The third kappa shape index (κ3) is 4.65. The first-order valence-electron chi connectivity index (χ1n) is 5.74. The minimum atomic E-state index is -0.249.